The van der Waals surface area contributed by atoms with E-state index in [4.69, 9.17) is 10.2 Å². The fraction of sp³-hybridized carbons (Fsp3) is 0.462. The van der Waals surface area contributed by atoms with Gasteiger partial charge < -0.3 is 10.2 Å². The third kappa shape index (κ3) is 4.76. The molecule has 6 nitrogen and oxygen atoms in total. The zero-order valence-electron chi connectivity index (χ0n) is 11.8. The number of halogens is 1. The number of rotatable bonds is 7. The van der Waals surface area contributed by atoms with E-state index in [1.807, 2.05) is 0 Å². The molecular formula is C13H18FNO5S. The van der Waals surface area contributed by atoms with E-state index in [-0.39, 0.29) is 12.1 Å². The monoisotopic (exact) mass is 319 g/mol. The van der Waals surface area contributed by atoms with E-state index in [0.717, 1.165) is 12.1 Å². The summed E-state index contributed by atoms with van der Waals surface area (Å²) < 4.78 is 40.1. The summed E-state index contributed by atoms with van der Waals surface area (Å²) in [6, 6.07) is 1.71. The lowest BCUT2D eigenvalue weighted by Crippen LogP contribution is -2.26. The highest BCUT2D eigenvalue weighted by Gasteiger charge is 2.21. The van der Waals surface area contributed by atoms with Crippen LogP contribution in [0.5, 0.6) is 0 Å². The van der Waals surface area contributed by atoms with E-state index < -0.39 is 38.4 Å². The van der Waals surface area contributed by atoms with Gasteiger partial charge >= 0.3 is 5.97 Å². The van der Waals surface area contributed by atoms with Gasteiger partial charge in [-0.25, -0.2) is 22.3 Å². The molecule has 1 rings (SSSR count). The van der Waals surface area contributed by atoms with Crippen LogP contribution < -0.4 is 4.72 Å². The third-order valence-electron chi connectivity index (χ3n) is 2.92. The van der Waals surface area contributed by atoms with Gasteiger partial charge in [0.15, 0.2) is 0 Å². The molecule has 0 aliphatic rings. The first-order valence-corrected chi connectivity index (χ1v) is 7.84. The second-order valence-corrected chi connectivity index (χ2v) is 6.51. The first kappa shape index (κ1) is 17.5. The smallest absolute Gasteiger partial charge is 0.335 e. The molecule has 1 aromatic rings. The minimum absolute atomic E-state index is 0.0750. The zero-order valence-corrected chi connectivity index (χ0v) is 12.6. The quantitative estimate of drug-likeness (QED) is 0.657. The van der Waals surface area contributed by atoms with E-state index in [1.165, 1.54) is 6.92 Å². The van der Waals surface area contributed by atoms with Crippen LogP contribution in [0.4, 0.5) is 4.39 Å². The van der Waals surface area contributed by atoms with Gasteiger partial charge in [-0.3, -0.25) is 0 Å². The molecule has 0 bridgehead atoms. The molecule has 0 aliphatic heterocycles. The van der Waals surface area contributed by atoms with Crippen molar-refractivity contribution in [2.45, 2.75) is 37.7 Å². The molecule has 21 heavy (non-hydrogen) atoms. The van der Waals surface area contributed by atoms with Crippen molar-refractivity contribution in [2.75, 3.05) is 6.54 Å². The number of carboxylic acid groups (broad SMARTS) is 1. The van der Waals surface area contributed by atoms with Gasteiger partial charge in [-0.1, -0.05) is 0 Å². The molecule has 0 aliphatic carbocycles. The highest BCUT2D eigenvalue weighted by Crippen LogP contribution is 2.20. The number of carbonyl (C=O) groups is 1. The van der Waals surface area contributed by atoms with Crippen LogP contribution in [0.3, 0.4) is 0 Å². The molecule has 118 valence electrons. The Morgan fingerprint density at radius 3 is 2.57 bits per heavy atom. The Bertz CT molecular complexity index is 628. The highest BCUT2D eigenvalue weighted by atomic mass is 32.2. The van der Waals surface area contributed by atoms with Crippen molar-refractivity contribution < 1.29 is 27.8 Å². The maximum absolute atomic E-state index is 13.6. The number of aromatic carboxylic acids is 1. The average Bonchev–Trinajstić information content (AvgIpc) is 2.37. The van der Waals surface area contributed by atoms with E-state index in [2.05, 4.69) is 4.72 Å². The average molecular weight is 319 g/mol. The summed E-state index contributed by atoms with van der Waals surface area (Å²) in [7, 11) is -4.00. The van der Waals surface area contributed by atoms with Crippen molar-refractivity contribution in [1.82, 2.24) is 4.72 Å². The van der Waals surface area contributed by atoms with Crippen LogP contribution in [-0.4, -0.2) is 37.2 Å². The van der Waals surface area contributed by atoms with Crippen LogP contribution in [-0.2, 0) is 10.0 Å². The predicted molar refractivity (Wildman–Crippen MR) is 74.2 cm³/mol. The Balaban J connectivity index is 2.99. The summed E-state index contributed by atoms with van der Waals surface area (Å²) in [6.07, 6.45) is 0.297. The van der Waals surface area contributed by atoms with E-state index in [1.54, 1.807) is 6.92 Å². The largest absolute Gasteiger partial charge is 0.478 e. The molecule has 0 amide bonds. The summed E-state index contributed by atoms with van der Waals surface area (Å²) in [6.45, 7) is 2.93. The number of carboxylic acids is 1. The van der Waals surface area contributed by atoms with Crippen molar-refractivity contribution in [3.05, 3.63) is 29.1 Å². The molecule has 0 saturated carbocycles. The Hall–Kier alpha value is -1.51. The molecule has 0 radical (unpaired) electrons. The van der Waals surface area contributed by atoms with Crippen molar-refractivity contribution >= 4 is 16.0 Å². The number of aliphatic hydroxyl groups is 1. The fourth-order valence-electron chi connectivity index (χ4n) is 1.74. The van der Waals surface area contributed by atoms with Gasteiger partial charge in [-0.15, -0.1) is 0 Å². The number of aliphatic hydroxyl groups excluding tert-OH is 1. The minimum Gasteiger partial charge on any atom is -0.478 e. The highest BCUT2D eigenvalue weighted by molar-refractivity contribution is 7.89. The van der Waals surface area contributed by atoms with Crippen LogP contribution in [0.15, 0.2) is 17.0 Å². The standard InChI is InChI=1S/C13H18FNO5S/c1-8(16)4-3-5-15-21(19,20)12-7-10(13(17)18)6-11(14)9(12)2/h6-8,15-16H,3-5H2,1-2H3,(H,17,18). The molecule has 0 spiro atoms. The normalized spacial score (nSPS) is 13.1. The minimum atomic E-state index is -4.00. The third-order valence-corrected chi connectivity index (χ3v) is 4.51. The fourth-order valence-corrected chi connectivity index (χ4v) is 3.09. The summed E-state index contributed by atoms with van der Waals surface area (Å²) in [5.41, 5.74) is -0.564. The number of benzene rings is 1. The van der Waals surface area contributed by atoms with Crippen molar-refractivity contribution in [3.8, 4) is 0 Å². The van der Waals surface area contributed by atoms with Gasteiger partial charge in [0.2, 0.25) is 10.0 Å². The molecule has 1 aromatic carbocycles. The van der Waals surface area contributed by atoms with E-state index in [9.17, 15) is 17.6 Å². The lowest BCUT2D eigenvalue weighted by Gasteiger charge is -2.11. The number of nitrogens with one attached hydrogen (secondary N) is 1. The Morgan fingerprint density at radius 1 is 1.43 bits per heavy atom. The molecule has 1 unspecified atom stereocenters. The first-order chi connectivity index (χ1) is 9.65. The lowest BCUT2D eigenvalue weighted by atomic mass is 10.1. The SMILES string of the molecule is Cc1c(F)cc(C(=O)O)cc1S(=O)(=O)NCCCC(C)O. The van der Waals surface area contributed by atoms with Gasteiger partial charge in [-0.05, 0) is 38.8 Å². The predicted octanol–water partition coefficient (Wildman–Crippen LogP) is 1.27. The maximum atomic E-state index is 13.6. The maximum Gasteiger partial charge on any atom is 0.335 e. The number of hydrogen-bond acceptors (Lipinski definition) is 4. The molecule has 3 N–H and O–H groups in total. The van der Waals surface area contributed by atoms with Crippen LogP contribution in [0.25, 0.3) is 0 Å². The molecule has 0 saturated heterocycles. The van der Waals surface area contributed by atoms with Gasteiger partial charge in [-0.2, -0.15) is 0 Å². The summed E-state index contributed by atoms with van der Waals surface area (Å²) in [5.74, 6) is -2.29. The van der Waals surface area contributed by atoms with Crippen molar-refractivity contribution in [2.24, 2.45) is 0 Å². The van der Waals surface area contributed by atoms with Gasteiger partial charge in [0, 0.05) is 12.1 Å². The first-order valence-electron chi connectivity index (χ1n) is 6.36. The number of sulfonamides is 1. The molecule has 8 heteroatoms. The molecular weight excluding hydrogens is 301 g/mol. The molecule has 1 atom stereocenters. The second-order valence-electron chi connectivity index (χ2n) is 4.78. The van der Waals surface area contributed by atoms with Gasteiger partial charge in [0.05, 0.1) is 16.6 Å². The van der Waals surface area contributed by atoms with Gasteiger partial charge in [0.25, 0.3) is 0 Å². The Morgan fingerprint density at radius 2 is 2.05 bits per heavy atom. The van der Waals surface area contributed by atoms with Crippen molar-refractivity contribution in [1.29, 1.82) is 0 Å². The Labute approximate surface area is 122 Å². The van der Waals surface area contributed by atoms with Crippen LogP contribution >= 0.6 is 0 Å². The van der Waals surface area contributed by atoms with Crippen LogP contribution in [0.1, 0.15) is 35.7 Å². The summed E-state index contributed by atoms with van der Waals surface area (Å²) in [5, 5.41) is 17.9. The molecule has 0 aromatic heterocycles. The zero-order chi connectivity index (χ0) is 16.2. The molecule has 0 fully saturated rings. The number of hydrogen-bond donors (Lipinski definition) is 3. The van der Waals surface area contributed by atoms with Crippen molar-refractivity contribution in [3.63, 3.8) is 0 Å². The summed E-state index contributed by atoms with van der Waals surface area (Å²) in [4.78, 5) is 10.5. The Kier molecular flexibility index (Phi) is 5.82. The van der Waals surface area contributed by atoms with Crippen LogP contribution in [0.2, 0.25) is 0 Å². The van der Waals surface area contributed by atoms with E-state index in [0.29, 0.717) is 12.8 Å². The molecule has 0 heterocycles. The lowest BCUT2D eigenvalue weighted by molar-refractivity contribution is 0.0696. The topological polar surface area (TPSA) is 104 Å². The summed E-state index contributed by atoms with van der Waals surface area (Å²) >= 11 is 0. The van der Waals surface area contributed by atoms with E-state index >= 15 is 0 Å². The van der Waals surface area contributed by atoms with Crippen LogP contribution in [0, 0.1) is 12.7 Å². The second kappa shape index (κ2) is 6.97. The van der Waals surface area contributed by atoms with Gasteiger partial charge in [0.1, 0.15) is 5.82 Å².